The van der Waals surface area contributed by atoms with E-state index in [4.69, 9.17) is 9.47 Å². The summed E-state index contributed by atoms with van der Waals surface area (Å²) in [5.41, 5.74) is 2.48. The van der Waals surface area contributed by atoms with Gasteiger partial charge < -0.3 is 19.9 Å². The Morgan fingerprint density at radius 2 is 1.87 bits per heavy atom. The van der Waals surface area contributed by atoms with E-state index in [1.54, 1.807) is 68.6 Å². The summed E-state index contributed by atoms with van der Waals surface area (Å²) in [6, 6.07) is 18.6. The Morgan fingerprint density at radius 1 is 1.10 bits per heavy atom. The number of thiazole rings is 1. The average Bonchev–Trinajstić information content (AvgIpc) is 3.24. The number of amides is 1. The number of carbonyl (C=O) groups excluding carboxylic acids is 1. The molecule has 1 atom stereocenters. The Hall–Kier alpha value is -4.15. The van der Waals surface area contributed by atoms with E-state index in [0.29, 0.717) is 47.8 Å². The molecule has 198 valence electrons. The Morgan fingerprint density at radius 3 is 2.56 bits per heavy atom. The number of aromatic nitrogens is 1. The second-order valence-corrected chi connectivity index (χ2v) is 10.6. The molecule has 0 unspecified atom stereocenters. The van der Waals surface area contributed by atoms with Crippen LogP contribution in [-0.4, -0.2) is 29.8 Å². The van der Waals surface area contributed by atoms with Crippen LogP contribution in [0.15, 0.2) is 92.3 Å². The number of ether oxygens (including phenoxy) is 2. The molecule has 0 bridgehead atoms. The fourth-order valence-corrected chi connectivity index (χ4v) is 5.88. The summed E-state index contributed by atoms with van der Waals surface area (Å²) in [5.74, 6) is 0.778. The SMILES string of the molecule is COc1ccc([C@H]2C(C(=O)Nc3ccccc3)=C(C)N=c3s/c(=C\c4ccc(O)c(Br)c4)c(=O)n32)c(OC)c1. The van der Waals surface area contributed by atoms with E-state index < -0.39 is 6.04 Å². The van der Waals surface area contributed by atoms with Gasteiger partial charge in [0.2, 0.25) is 0 Å². The average molecular weight is 606 g/mol. The number of aromatic hydroxyl groups is 1. The van der Waals surface area contributed by atoms with Crippen LogP contribution in [0.1, 0.15) is 24.1 Å². The predicted octanol–water partition coefficient (Wildman–Crippen LogP) is 4.36. The molecule has 8 nitrogen and oxygen atoms in total. The molecule has 0 saturated heterocycles. The van der Waals surface area contributed by atoms with Gasteiger partial charge in [-0.25, -0.2) is 4.99 Å². The largest absolute Gasteiger partial charge is 0.507 e. The molecule has 1 aliphatic rings. The fourth-order valence-electron chi connectivity index (χ4n) is 4.43. The van der Waals surface area contributed by atoms with E-state index >= 15 is 0 Å². The molecular formula is C29H24BrN3O5S. The zero-order valence-electron chi connectivity index (χ0n) is 21.3. The highest BCUT2D eigenvalue weighted by atomic mass is 79.9. The van der Waals surface area contributed by atoms with E-state index in [1.165, 1.54) is 23.0 Å². The number of anilines is 1. The highest BCUT2D eigenvalue weighted by Gasteiger charge is 2.34. The minimum atomic E-state index is -0.806. The lowest BCUT2D eigenvalue weighted by atomic mass is 9.94. The van der Waals surface area contributed by atoms with Crippen LogP contribution in [0.4, 0.5) is 5.69 Å². The molecule has 2 heterocycles. The first-order chi connectivity index (χ1) is 18.8. The van der Waals surface area contributed by atoms with Crippen LogP contribution < -0.4 is 29.7 Å². The van der Waals surface area contributed by atoms with Crippen molar-refractivity contribution in [2.75, 3.05) is 19.5 Å². The number of fused-ring (bicyclic) bond motifs is 1. The van der Waals surface area contributed by atoms with Crippen molar-refractivity contribution in [2.45, 2.75) is 13.0 Å². The number of rotatable bonds is 6. The van der Waals surface area contributed by atoms with Crippen molar-refractivity contribution in [3.8, 4) is 17.2 Å². The van der Waals surface area contributed by atoms with Crippen molar-refractivity contribution >= 4 is 44.9 Å². The van der Waals surface area contributed by atoms with Crippen LogP contribution >= 0.6 is 27.3 Å². The molecule has 1 amide bonds. The number of nitrogens with one attached hydrogen (secondary N) is 1. The maximum absolute atomic E-state index is 13.9. The normalized spacial score (nSPS) is 15.0. The highest BCUT2D eigenvalue weighted by Crippen LogP contribution is 2.37. The van der Waals surface area contributed by atoms with Gasteiger partial charge in [-0.3, -0.25) is 14.2 Å². The second kappa shape index (κ2) is 10.9. The molecule has 1 aliphatic heterocycles. The highest BCUT2D eigenvalue weighted by molar-refractivity contribution is 9.10. The van der Waals surface area contributed by atoms with E-state index in [1.807, 2.05) is 18.2 Å². The van der Waals surface area contributed by atoms with Crippen molar-refractivity contribution in [2.24, 2.45) is 4.99 Å². The Labute approximate surface area is 236 Å². The number of nitrogens with zero attached hydrogens (tertiary/aromatic N) is 2. The van der Waals surface area contributed by atoms with Crippen LogP contribution in [0.5, 0.6) is 17.2 Å². The summed E-state index contributed by atoms with van der Waals surface area (Å²) in [4.78, 5) is 32.8. The van der Waals surface area contributed by atoms with Crippen LogP contribution in [0, 0.1) is 0 Å². The topological polar surface area (TPSA) is 102 Å². The molecule has 0 aliphatic carbocycles. The monoisotopic (exact) mass is 605 g/mol. The van der Waals surface area contributed by atoms with E-state index in [-0.39, 0.29) is 17.2 Å². The lowest BCUT2D eigenvalue weighted by Crippen LogP contribution is -2.40. The van der Waals surface area contributed by atoms with Gasteiger partial charge in [0.15, 0.2) is 4.80 Å². The van der Waals surface area contributed by atoms with Gasteiger partial charge >= 0.3 is 0 Å². The van der Waals surface area contributed by atoms with E-state index in [0.717, 1.165) is 5.56 Å². The molecule has 0 fully saturated rings. The number of hydrogen-bond acceptors (Lipinski definition) is 7. The summed E-state index contributed by atoms with van der Waals surface area (Å²) < 4.78 is 13.5. The van der Waals surface area contributed by atoms with Gasteiger partial charge in [-0.1, -0.05) is 35.6 Å². The maximum Gasteiger partial charge on any atom is 0.271 e. The number of phenols is 1. The Balaban J connectivity index is 1.72. The van der Waals surface area contributed by atoms with Gasteiger partial charge in [0.05, 0.1) is 34.5 Å². The molecule has 2 N–H and O–H groups in total. The number of methoxy groups -OCH3 is 2. The van der Waals surface area contributed by atoms with Gasteiger partial charge in [-0.05, 0) is 70.9 Å². The zero-order valence-corrected chi connectivity index (χ0v) is 23.7. The van der Waals surface area contributed by atoms with E-state index in [9.17, 15) is 14.7 Å². The van der Waals surface area contributed by atoms with Crippen molar-refractivity contribution in [1.82, 2.24) is 4.57 Å². The minimum Gasteiger partial charge on any atom is -0.507 e. The number of benzene rings is 3. The molecule has 39 heavy (non-hydrogen) atoms. The lowest BCUT2D eigenvalue weighted by Gasteiger charge is -2.26. The van der Waals surface area contributed by atoms with Crippen LogP contribution in [0.25, 0.3) is 6.08 Å². The number of hydrogen-bond donors (Lipinski definition) is 2. The summed E-state index contributed by atoms with van der Waals surface area (Å²) in [6.07, 6.45) is 1.74. The van der Waals surface area contributed by atoms with Crippen molar-refractivity contribution in [1.29, 1.82) is 0 Å². The van der Waals surface area contributed by atoms with Gasteiger partial charge in [-0.2, -0.15) is 0 Å². The Bertz CT molecular complexity index is 1790. The first-order valence-electron chi connectivity index (χ1n) is 11.9. The van der Waals surface area contributed by atoms with Crippen LogP contribution in [-0.2, 0) is 4.79 Å². The molecule has 10 heteroatoms. The smallest absolute Gasteiger partial charge is 0.271 e. The van der Waals surface area contributed by atoms with Crippen LogP contribution in [0.3, 0.4) is 0 Å². The molecular weight excluding hydrogens is 582 g/mol. The van der Waals surface area contributed by atoms with Gasteiger partial charge in [0, 0.05) is 17.3 Å². The van der Waals surface area contributed by atoms with Crippen molar-refractivity contribution in [3.63, 3.8) is 0 Å². The third-order valence-electron chi connectivity index (χ3n) is 6.30. The van der Waals surface area contributed by atoms with Gasteiger partial charge in [0.25, 0.3) is 11.5 Å². The summed E-state index contributed by atoms with van der Waals surface area (Å²) >= 11 is 4.54. The summed E-state index contributed by atoms with van der Waals surface area (Å²) in [6.45, 7) is 1.76. The predicted molar refractivity (Wildman–Crippen MR) is 154 cm³/mol. The number of carbonyl (C=O) groups is 1. The lowest BCUT2D eigenvalue weighted by molar-refractivity contribution is -0.113. The third kappa shape index (κ3) is 5.13. The quantitative estimate of drug-likeness (QED) is 0.340. The first-order valence-corrected chi connectivity index (χ1v) is 13.5. The first kappa shape index (κ1) is 26.5. The standard InChI is InChI=1S/C29H24BrN3O5S/c1-16-25(27(35)32-18-7-5-4-6-8-18)26(20-11-10-19(37-2)15-23(20)38-3)33-28(36)24(39-29(33)31-16)14-17-9-12-22(34)21(30)13-17/h4-15,26,34H,1-3H3,(H,32,35)/b24-14-/t26-/m0/s1. The number of phenolic OH excluding ortho intramolecular Hbond substituents is 1. The molecule has 3 aromatic carbocycles. The zero-order chi connectivity index (χ0) is 27.7. The molecule has 0 radical (unpaired) electrons. The maximum atomic E-state index is 13.9. The number of para-hydroxylation sites is 1. The summed E-state index contributed by atoms with van der Waals surface area (Å²) in [7, 11) is 3.09. The number of halogens is 1. The van der Waals surface area contributed by atoms with Crippen molar-refractivity contribution in [3.05, 3.63) is 113 Å². The summed E-state index contributed by atoms with van der Waals surface area (Å²) in [5, 5.41) is 12.8. The molecule has 4 aromatic rings. The fraction of sp³-hybridized carbons (Fsp3) is 0.138. The van der Waals surface area contributed by atoms with Gasteiger partial charge in [-0.15, -0.1) is 0 Å². The molecule has 5 rings (SSSR count). The van der Waals surface area contributed by atoms with E-state index in [2.05, 4.69) is 26.2 Å². The van der Waals surface area contributed by atoms with Gasteiger partial charge in [0.1, 0.15) is 23.3 Å². The molecule has 1 aromatic heterocycles. The van der Waals surface area contributed by atoms with Crippen LogP contribution in [0.2, 0.25) is 0 Å². The second-order valence-electron chi connectivity index (χ2n) is 8.72. The Kier molecular flexibility index (Phi) is 7.40. The minimum absolute atomic E-state index is 0.102. The number of allylic oxidation sites excluding steroid dienone is 1. The van der Waals surface area contributed by atoms with Crippen molar-refractivity contribution < 1.29 is 19.4 Å². The third-order valence-corrected chi connectivity index (χ3v) is 7.92. The molecule has 0 spiro atoms. The molecule has 0 saturated carbocycles.